The van der Waals surface area contributed by atoms with Crippen molar-refractivity contribution in [2.45, 2.75) is 32.1 Å². The molecule has 1 aromatic heterocycles. The van der Waals surface area contributed by atoms with E-state index >= 15 is 0 Å². The van der Waals surface area contributed by atoms with E-state index in [0.29, 0.717) is 30.4 Å². The van der Waals surface area contributed by atoms with Gasteiger partial charge in [0.25, 0.3) is 11.5 Å². The highest BCUT2D eigenvalue weighted by Crippen LogP contribution is 2.37. The van der Waals surface area contributed by atoms with Gasteiger partial charge in [-0.2, -0.15) is 0 Å². The molecule has 118 valence electrons. The maximum Gasteiger partial charge on any atom is 0.330 e. The lowest BCUT2D eigenvalue weighted by Gasteiger charge is -2.07. The number of rotatable bonds is 6. The molecule has 7 nitrogen and oxygen atoms in total. The number of aromatic amines is 1. The van der Waals surface area contributed by atoms with Crippen LogP contribution in [-0.2, 0) is 9.53 Å². The molecule has 1 amide bonds. The second-order valence-electron chi connectivity index (χ2n) is 5.16. The summed E-state index contributed by atoms with van der Waals surface area (Å²) >= 11 is 0. The summed E-state index contributed by atoms with van der Waals surface area (Å²) in [5.74, 6) is 0.0885. The Morgan fingerprint density at radius 2 is 2.18 bits per heavy atom. The number of carbonyl (C=O) groups excluding carboxylic acids is 2. The Morgan fingerprint density at radius 1 is 1.45 bits per heavy atom. The van der Waals surface area contributed by atoms with E-state index < -0.39 is 17.4 Å². The molecule has 1 fully saturated rings. The average molecular weight is 305 g/mol. The first kappa shape index (κ1) is 15.9. The fraction of sp³-hybridized carbons (Fsp3) is 0.467. The molecule has 1 aliphatic rings. The van der Waals surface area contributed by atoms with Crippen molar-refractivity contribution < 1.29 is 14.3 Å². The summed E-state index contributed by atoms with van der Waals surface area (Å²) in [6, 6.07) is 0. The number of aromatic nitrogens is 2. The van der Waals surface area contributed by atoms with Crippen molar-refractivity contribution in [3.05, 3.63) is 39.6 Å². The normalized spacial score (nSPS) is 14.1. The van der Waals surface area contributed by atoms with Crippen LogP contribution in [0.1, 0.15) is 47.1 Å². The minimum Gasteiger partial charge on any atom is -0.466 e. The third-order valence-electron chi connectivity index (χ3n) is 3.36. The fourth-order valence-corrected chi connectivity index (χ4v) is 2.03. The van der Waals surface area contributed by atoms with Crippen molar-refractivity contribution in [2.24, 2.45) is 0 Å². The molecule has 1 aliphatic carbocycles. The maximum atomic E-state index is 12.0. The molecule has 1 saturated carbocycles. The summed E-state index contributed by atoms with van der Waals surface area (Å²) in [6.45, 7) is 1.97. The number of methoxy groups -OCH3 is 1. The molecule has 2 rings (SSSR count). The summed E-state index contributed by atoms with van der Waals surface area (Å²) in [5.41, 5.74) is 0.0756. The van der Waals surface area contributed by atoms with Crippen molar-refractivity contribution in [1.82, 2.24) is 15.3 Å². The first-order chi connectivity index (χ1) is 10.5. The second-order valence-corrected chi connectivity index (χ2v) is 5.16. The van der Waals surface area contributed by atoms with Gasteiger partial charge in [-0.3, -0.25) is 9.59 Å². The molecule has 0 atom stereocenters. The first-order valence-corrected chi connectivity index (χ1v) is 7.16. The second kappa shape index (κ2) is 7.02. The Balaban J connectivity index is 1.94. The molecule has 0 unspecified atom stereocenters. The van der Waals surface area contributed by atoms with Crippen molar-refractivity contribution in [3.8, 4) is 0 Å². The molecule has 0 radical (unpaired) electrons. The predicted octanol–water partition coefficient (Wildman–Crippen LogP) is 0.805. The third kappa shape index (κ3) is 4.03. The van der Waals surface area contributed by atoms with E-state index in [2.05, 4.69) is 20.0 Å². The van der Waals surface area contributed by atoms with Crippen LogP contribution in [0.4, 0.5) is 0 Å². The molecule has 7 heteroatoms. The number of carbonyl (C=O) groups is 2. The van der Waals surface area contributed by atoms with Crippen LogP contribution in [0.15, 0.2) is 16.9 Å². The largest absolute Gasteiger partial charge is 0.466 e. The zero-order chi connectivity index (χ0) is 16.1. The average Bonchev–Trinajstić information content (AvgIpc) is 3.30. The number of H-pyrrole nitrogens is 1. The zero-order valence-corrected chi connectivity index (χ0v) is 12.6. The van der Waals surface area contributed by atoms with E-state index in [1.165, 1.54) is 13.2 Å². The molecule has 1 aromatic rings. The summed E-state index contributed by atoms with van der Waals surface area (Å²) in [5, 5.41) is 2.63. The van der Waals surface area contributed by atoms with Crippen LogP contribution in [-0.4, -0.2) is 35.5 Å². The molecule has 0 saturated heterocycles. The van der Waals surface area contributed by atoms with Crippen molar-refractivity contribution in [1.29, 1.82) is 0 Å². The molecule has 0 bridgehead atoms. The summed E-state index contributed by atoms with van der Waals surface area (Å²) in [4.78, 5) is 41.9. The van der Waals surface area contributed by atoms with Gasteiger partial charge < -0.3 is 15.0 Å². The van der Waals surface area contributed by atoms with Crippen molar-refractivity contribution >= 4 is 11.9 Å². The fourth-order valence-electron chi connectivity index (χ4n) is 2.03. The van der Waals surface area contributed by atoms with Gasteiger partial charge in [0, 0.05) is 18.5 Å². The summed E-state index contributed by atoms with van der Waals surface area (Å²) in [7, 11) is 1.29. The van der Waals surface area contributed by atoms with Gasteiger partial charge in [-0.15, -0.1) is 0 Å². The molecular weight excluding hydrogens is 286 g/mol. The van der Waals surface area contributed by atoms with Crippen LogP contribution >= 0.6 is 0 Å². The van der Waals surface area contributed by atoms with Crippen LogP contribution in [0.2, 0.25) is 0 Å². The number of nitrogens with one attached hydrogen (secondary N) is 2. The number of hydrogen-bond donors (Lipinski definition) is 2. The summed E-state index contributed by atoms with van der Waals surface area (Å²) < 4.78 is 4.45. The van der Waals surface area contributed by atoms with Crippen LogP contribution in [0.3, 0.4) is 0 Å². The molecule has 22 heavy (non-hydrogen) atoms. The highest BCUT2D eigenvalue weighted by atomic mass is 16.5. The van der Waals surface area contributed by atoms with E-state index in [1.807, 2.05) is 0 Å². The van der Waals surface area contributed by atoms with E-state index in [-0.39, 0.29) is 5.56 Å². The third-order valence-corrected chi connectivity index (χ3v) is 3.36. The molecule has 2 N–H and O–H groups in total. The van der Waals surface area contributed by atoms with E-state index in [4.69, 9.17) is 0 Å². The molecule has 0 aliphatic heterocycles. The molecule has 1 heterocycles. The zero-order valence-electron chi connectivity index (χ0n) is 12.6. The lowest BCUT2D eigenvalue weighted by molar-refractivity contribution is -0.134. The van der Waals surface area contributed by atoms with Crippen molar-refractivity contribution in [2.75, 3.05) is 13.7 Å². The van der Waals surface area contributed by atoms with E-state index in [9.17, 15) is 14.4 Å². The maximum absolute atomic E-state index is 12.0. The minimum absolute atomic E-state index is 0.0429. The highest BCUT2D eigenvalue weighted by Gasteiger charge is 2.27. The number of aryl methyl sites for hydroxylation is 1. The van der Waals surface area contributed by atoms with Crippen LogP contribution < -0.4 is 10.9 Å². The first-order valence-electron chi connectivity index (χ1n) is 7.16. The smallest absolute Gasteiger partial charge is 0.330 e. The van der Waals surface area contributed by atoms with Crippen molar-refractivity contribution in [3.63, 3.8) is 0 Å². The Kier molecular flexibility index (Phi) is 5.08. The Morgan fingerprint density at radius 3 is 2.77 bits per heavy atom. The Bertz CT molecular complexity index is 659. The molecule has 0 aromatic carbocycles. The van der Waals surface area contributed by atoms with Gasteiger partial charge in [0.05, 0.1) is 12.8 Å². The monoisotopic (exact) mass is 305 g/mol. The van der Waals surface area contributed by atoms with Gasteiger partial charge in [-0.05, 0) is 26.2 Å². The number of amides is 1. The minimum atomic E-state index is -0.458. The van der Waals surface area contributed by atoms with Gasteiger partial charge in [0.15, 0.2) is 0 Å². The number of hydrogen-bond acceptors (Lipinski definition) is 5. The molecular formula is C15H19N3O4. The number of nitrogens with zero attached hydrogens (tertiary/aromatic N) is 1. The van der Waals surface area contributed by atoms with Gasteiger partial charge >= 0.3 is 5.97 Å². The lowest BCUT2D eigenvalue weighted by Crippen LogP contribution is -2.32. The van der Waals surface area contributed by atoms with Gasteiger partial charge in [-0.25, -0.2) is 9.78 Å². The standard InChI is InChI=1S/C15H19N3O4/c1-9-12(15(21)18-13(17-9)10-6-7-10)14(20)16-8-4-3-5-11(19)22-2/h3,5,10H,4,6-8H2,1-2H3,(H,16,20)(H,17,18,21)/b5-3+. The number of esters is 1. The SMILES string of the molecule is COC(=O)/C=C/CCNC(=O)c1c(C)nc(C2CC2)[nH]c1=O. The van der Waals surface area contributed by atoms with Crippen LogP contribution in [0, 0.1) is 6.92 Å². The Labute approximate surface area is 127 Å². The highest BCUT2D eigenvalue weighted by molar-refractivity contribution is 5.94. The van der Waals surface area contributed by atoms with Gasteiger partial charge in [0.2, 0.25) is 0 Å². The van der Waals surface area contributed by atoms with Gasteiger partial charge in [0.1, 0.15) is 11.4 Å². The van der Waals surface area contributed by atoms with Gasteiger partial charge in [-0.1, -0.05) is 6.08 Å². The van der Waals surface area contributed by atoms with E-state index in [0.717, 1.165) is 12.8 Å². The Hall–Kier alpha value is -2.44. The van der Waals surface area contributed by atoms with E-state index in [1.54, 1.807) is 13.0 Å². The topological polar surface area (TPSA) is 101 Å². The predicted molar refractivity (Wildman–Crippen MR) is 79.7 cm³/mol. The molecule has 0 spiro atoms. The van der Waals surface area contributed by atoms with Crippen LogP contribution in [0.25, 0.3) is 0 Å². The lowest BCUT2D eigenvalue weighted by atomic mass is 10.2. The number of ether oxygens (including phenoxy) is 1. The quantitative estimate of drug-likeness (QED) is 0.460. The van der Waals surface area contributed by atoms with Crippen LogP contribution in [0.5, 0.6) is 0 Å². The summed E-state index contributed by atoms with van der Waals surface area (Å²) in [6.07, 6.45) is 5.40.